The Morgan fingerprint density at radius 2 is 2.06 bits per heavy atom. The van der Waals surface area contributed by atoms with Gasteiger partial charge in [0.2, 0.25) is 10.0 Å². The Morgan fingerprint density at radius 1 is 1.33 bits per heavy atom. The van der Waals surface area contributed by atoms with Crippen molar-refractivity contribution in [3.63, 3.8) is 0 Å². The Bertz CT molecular complexity index is 507. The van der Waals surface area contributed by atoms with Crippen LogP contribution in [0.2, 0.25) is 0 Å². The van der Waals surface area contributed by atoms with Crippen LogP contribution in [0.1, 0.15) is 25.3 Å². The number of benzene rings is 1. The van der Waals surface area contributed by atoms with E-state index in [2.05, 4.69) is 17.0 Å². The molecule has 0 unspecified atom stereocenters. The van der Waals surface area contributed by atoms with Crippen molar-refractivity contribution in [1.29, 1.82) is 0 Å². The van der Waals surface area contributed by atoms with Crippen molar-refractivity contribution >= 4 is 10.0 Å². The van der Waals surface area contributed by atoms with Crippen LogP contribution in [0.25, 0.3) is 0 Å². The van der Waals surface area contributed by atoms with Gasteiger partial charge in [-0.3, -0.25) is 0 Å². The Balaban J connectivity index is 2.11. The van der Waals surface area contributed by atoms with Crippen molar-refractivity contribution in [2.75, 3.05) is 7.05 Å². The number of nitrogens with one attached hydrogen (secondary N) is 2. The van der Waals surface area contributed by atoms with E-state index in [1.54, 1.807) is 18.2 Å². The molecule has 1 saturated carbocycles. The zero-order valence-corrected chi connectivity index (χ0v) is 11.6. The van der Waals surface area contributed by atoms with Gasteiger partial charge in [-0.1, -0.05) is 19.1 Å². The molecular formula is C13H20N2O2S. The van der Waals surface area contributed by atoms with Crippen LogP contribution in [-0.4, -0.2) is 21.5 Å². The molecule has 0 spiro atoms. The highest BCUT2D eigenvalue weighted by atomic mass is 32.2. The molecule has 2 N–H and O–H groups in total. The van der Waals surface area contributed by atoms with E-state index >= 15 is 0 Å². The molecule has 0 heterocycles. The van der Waals surface area contributed by atoms with E-state index < -0.39 is 10.0 Å². The van der Waals surface area contributed by atoms with Crippen LogP contribution >= 0.6 is 0 Å². The summed E-state index contributed by atoms with van der Waals surface area (Å²) in [6, 6.07) is 7.17. The molecule has 1 aliphatic carbocycles. The molecule has 1 aliphatic rings. The zero-order valence-electron chi connectivity index (χ0n) is 10.8. The van der Waals surface area contributed by atoms with Crippen LogP contribution in [0.3, 0.4) is 0 Å². The highest BCUT2D eigenvalue weighted by Gasteiger charge is 2.29. The summed E-state index contributed by atoms with van der Waals surface area (Å²) in [4.78, 5) is 0.356. The third-order valence-electron chi connectivity index (χ3n) is 3.29. The fourth-order valence-electron chi connectivity index (χ4n) is 2.31. The predicted molar refractivity (Wildman–Crippen MR) is 71.7 cm³/mol. The first-order valence-corrected chi connectivity index (χ1v) is 7.75. The lowest BCUT2D eigenvalue weighted by Gasteiger charge is -2.32. The fraction of sp³-hybridized carbons (Fsp3) is 0.538. The first-order chi connectivity index (χ1) is 8.51. The van der Waals surface area contributed by atoms with E-state index in [-0.39, 0.29) is 6.04 Å². The number of hydrogen-bond acceptors (Lipinski definition) is 3. The maximum atomic E-state index is 12.2. The maximum Gasteiger partial charge on any atom is 0.240 e. The van der Waals surface area contributed by atoms with Gasteiger partial charge in [-0.05, 0) is 43.5 Å². The first-order valence-electron chi connectivity index (χ1n) is 6.27. The van der Waals surface area contributed by atoms with E-state index in [0.717, 1.165) is 18.4 Å². The molecule has 5 heteroatoms. The normalized spacial score (nSPS) is 23.7. The van der Waals surface area contributed by atoms with Crippen LogP contribution in [0, 0.1) is 5.92 Å². The van der Waals surface area contributed by atoms with Gasteiger partial charge in [-0.2, -0.15) is 0 Å². The summed E-state index contributed by atoms with van der Waals surface area (Å²) >= 11 is 0. The Hall–Kier alpha value is -0.910. The first kappa shape index (κ1) is 13.5. The molecule has 2 rings (SSSR count). The second kappa shape index (κ2) is 5.38. The SMILES string of the molecule is CNCc1cccc(S(=O)(=O)NC2CC(C)C2)c1. The Labute approximate surface area is 109 Å². The maximum absolute atomic E-state index is 12.2. The molecule has 0 amide bonds. The molecule has 0 radical (unpaired) electrons. The zero-order chi connectivity index (χ0) is 13.2. The molecule has 1 aromatic carbocycles. The standard InChI is InChI=1S/C13H20N2O2S/c1-10-6-12(7-10)15-18(16,17)13-5-3-4-11(8-13)9-14-2/h3-5,8,10,12,14-15H,6-7,9H2,1-2H3. The van der Waals surface area contributed by atoms with Gasteiger partial charge in [0, 0.05) is 12.6 Å². The van der Waals surface area contributed by atoms with Gasteiger partial charge in [0.1, 0.15) is 0 Å². The van der Waals surface area contributed by atoms with E-state index in [4.69, 9.17) is 0 Å². The van der Waals surface area contributed by atoms with Crippen molar-refractivity contribution in [2.24, 2.45) is 5.92 Å². The highest BCUT2D eigenvalue weighted by molar-refractivity contribution is 7.89. The molecule has 0 atom stereocenters. The van der Waals surface area contributed by atoms with Crippen LogP contribution in [-0.2, 0) is 16.6 Å². The second-order valence-corrected chi connectivity index (χ2v) is 6.79. The van der Waals surface area contributed by atoms with Crippen molar-refractivity contribution in [3.8, 4) is 0 Å². The largest absolute Gasteiger partial charge is 0.316 e. The van der Waals surface area contributed by atoms with Crippen LogP contribution in [0.5, 0.6) is 0 Å². The summed E-state index contributed by atoms with van der Waals surface area (Å²) in [7, 11) is -1.52. The average molecular weight is 268 g/mol. The van der Waals surface area contributed by atoms with E-state index in [9.17, 15) is 8.42 Å². The van der Waals surface area contributed by atoms with Gasteiger partial charge >= 0.3 is 0 Å². The van der Waals surface area contributed by atoms with Crippen molar-refractivity contribution in [3.05, 3.63) is 29.8 Å². The van der Waals surface area contributed by atoms with Crippen LogP contribution < -0.4 is 10.0 Å². The lowest BCUT2D eigenvalue weighted by Crippen LogP contribution is -2.43. The van der Waals surface area contributed by atoms with Gasteiger partial charge in [0.05, 0.1) is 4.90 Å². The number of sulfonamides is 1. The Morgan fingerprint density at radius 3 is 2.67 bits per heavy atom. The Kier molecular flexibility index (Phi) is 4.04. The van der Waals surface area contributed by atoms with E-state index in [0.29, 0.717) is 17.4 Å². The summed E-state index contributed by atoms with van der Waals surface area (Å²) in [5.74, 6) is 0.633. The molecular weight excluding hydrogens is 248 g/mol. The number of hydrogen-bond donors (Lipinski definition) is 2. The fourth-order valence-corrected chi connectivity index (χ4v) is 3.64. The quantitative estimate of drug-likeness (QED) is 0.850. The van der Waals surface area contributed by atoms with Crippen LogP contribution in [0.4, 0.5) is 0 Å². The van der Waals surface area contributed by atoms with Gasteiger partial charge < -0.3 is 5.32 Å². The molecule has 1 fully saturated rings. The molecule has 4 nitrogen and oxygen atoms in total. The third-order valence-corrected chi connectivity index (χ3v) is 4.80. The second-order valence-electron chi connectivity index (χ2n) is 5.07. The molecule has 100 valence electrons. The molecule has 0 bridgehead atoms. The van der Waals surface area contributed by atoms with Crippen molar-refractivity contribution in [2.45, 2.75) is 37.2 Å². The lowest BCUT2D eigenvalue weighted by atomic mass is 9.83. The summed E-state index contributed by atoms with van der Waals surface area (Å²) in [6.45, 7) is 2.81. The lowest BCUT2D eigenvalue weighted by molar-refractivity contribution is 0.270. The summed E-state index contributed by atoms with van der Waals surface area (Å²) < 4.78 is 27.1. The van der Waals surface area contributed by atoms with Crippen molar-refractivity contribution < 1.29 is 8.42 Å². The molecule has 1 aromatic rings. The topological polar surface area (TPSA) is 58.2 Å². The summed E-state index contributed by atoms with van der Waals surface area (Å²) in [6.07, 6.45) is 1.88. The smallest absolute Gasteiger partial charge is 0.240 e. The van der Waals surface area contributed by atoms with Gasteiger partial charge in [0.25, 0.3) is 0 Å². The average Bonchev–Trinajstić information content (AvgIpc) is 2.27. The molecule has 0 aliphatic heterocycles. The summed E-state index contributed by atoms with van der Waals surface area (Å²) in [5.41, 5.74) is 0.974. The molecule has 18 heavy (non-hydrogen) atoms. The predicted octanol–water partition coefficient (Wildman–Crippen LogP) is 1.48. The monoisotopic (exact) mass is 268 g/mol. The van der Waals surface area contributed by atoms with Gasteiger partial charge in [0.15, 0.2) is 0 Å². The number of rotatable bonds is 5. The summed E-state index contributed by atoms with van der Waals surface area (Å²) in [5, 5.41) is 3.02. The molecule has 0 saturated heterocycles. The van der Waals surface area contributed by atoms with E-state index in [1.807, 2.05) is 13.1 Å². The highest BCUT2D eigenvalue weighted by Crippen LogP contribution is 2.27. The third kappa shape index (κ3) is 3.10. The van der Waals surface area contributed by atoms with Gasteiger partial charge in [-0.25, -0.2) is 13.1 Å². The minimum absolute atomic E-state index is 0.109. The van der Waals surface area contributed by atoms with Crippen LogP contribution in [0.15, 0.2) is 29.2 Å². The van der Waals surface area contributed by atoms with Crippen molar-refractivity contribution in [1.82, 2.24) is 10.0 Å². The van der Waals surface area contributed by atoms with Gasteiger partial charge in [-0.15, -0.1) is 0 Å². The minimum atomic E-state index is -3.36. The molecule has 0 aromatic heterocycles. The van der Waals surface area contributed by atoms with E-state index in [1.165, 1.54) is 0 Å². The minimum Gasteiger partial charge on any atom is -0.316 e.